The van der Waals surface area contributed by atoms with Crippen molar-refractivity contribution in [3.63, 3.8) is 0 Å². The van der Waals surface area contributed by atoms with Crippen molar-refractivity contribution in [1.82, 2.24) is 5.32 Å². The highest BCUT2D eigenvalue weighted by molar-refractivity contribution is 7.99. The van der Waals surface area contributed by atoms with Crippen LogP contribution in [0.5, 0.6) is 0 Å². The molecule has 1 unspecified atom stereocenters. The minimum atomic E-state index is 0.794. The van der Waals surface area contributed by atoms with Crippen LogP contribution in [0.25, 0.3) is 0 Å². The van der Waals surface area contributed by atoms with Gasteiger partial charge in [0.15, 0.2) is 0 Å². The van der Waals surface area contributed by atoms with Crippen LogP contribution in [0.4, 0.5) is 0 Å². The Morgan fingerprint density at radius 1 is 1.25 bits per heavy atom. The molecular formula is C14H21NS. The fourth-order valence-electron chi connectivity index (χ4n) is 2.25. The number of thioether (sulfide) groups is 1. The summed E-state index contributed by atoms with van der Waals surface area (Å²) in [6.07, 6.45) is 2.70. The normalized spacial score (nSPS) is 19.6. The first-order valence-electron chi connectivity index (χ1n) is 6.22. The van der Waals surface area contributed by atoms with Gasteiger partial charge < -0.3 is 5.32 Å². The first kappa shape index (κ1) is 12.0. The average molecular weight is 235 g/mol. The van der Waals surface area contributed by atoms with E-state index in [0.29, 0.717) is 0 Å². The molecule has 2 rings (SSSR count). The molecule has 88 valence electrons. The van der Waals surface area contributed by atoms with Gasteiger partial charge in [0.05, 0.1) is 0 Å². The predicted molar refractivity (Wildman–Crippen MR) is 72.8 cm³/mol. The van der Waals surface area contributed by atoms with Crippen molar-refractivity contribution in [2.24, 2.45) is 5.92 Å². The molecule has 1 heterocycles. The van der Waals surface area contributed by atoms with Gasteiger partial charge in [-0.15, -0.1) is 0 Å². The van der Waals surface area contributed by atoms with Crippen molar-refractivity contribution in [2.75, 3.05) is 13.1 Å². The first-order valence-corrected chi connectivity index (χ1v) is 7.27. The fourth-order valence-corrected chi connectivity index (χ4v) is 3.44. The van der Waals surface area contributed by atoms with Crippen LogP contribution in [-0.2, 0) is 5.75 Å². The van der Waals surface area contributed by atoms with Gasteiger partial charge in [0.2, 0.25) is 0 Å². The lowest BCUT2D eigenvalue weighted by molar-refractivity contribution is 0.373. The number of hydrogen-bond donors (Lipinski definition) is 1. The number of hydrogen-bond acceptors (Lipinski definition) is 2. The van der Waals surface area contributed by atoms with Crippen molar-refractivity contribution >= 4 is 11.8 Å². The van der Waals surface area contributed by atoms with E-state index in [1.165, 1.54) is 31.5 Å². The standard InChI is InChI=1S/C14H21NS/c1-12(14-7-9-15-10-8-14)16-11-13-5-3-2-4-6-13/h2-6,12,14-15H,7-11H2,1H3. The van der Waals surface area contributed by atoms with E-state index >= 15 is 0 Å². The summed E-state index contributed by atoms with van der Waals surface area (Å²) in [6.45, 7) is 4.81. The van der Waals surface area contributed by atoms with Gasteiger partial charge in [0.1, 0.15) is 0 Å². The highest BCUT2D eigenvalue weighted by Crippen LogP contribution is 2.28. The molecule has 0 saturated carbocycles. The maximum Gasteiger partial charge on any atom is 0.0187 e. The van der Waals surface area contributed by atoms with E-state index in [1.54, 1.807) is 0 Å². The predicted octanol–water partition coefficient (Wildman–Crippen LogP) is 3.31. The SMILES string of the molecule is CC(SCc1ccccc1)C1CCNCC1. The molecule has 0 spiro atoms. The van der Waals surface area contributed by atoms with E-state index in [1.807, 2.05) is 0 Å². The summed E-state index contributed by atoms with van der Waals surface area (Å²) in [5.41, 5.74) is 1.45. The van der Waals surface area contributed by atoms with Gasteiger partial charge in [-0.3, -0.25) is 0 Å². The maximum absolute atomic E-state index is 3.43. The van der Waals surface area contributed by atoms with Crippen LogP contribution in [0.3, 0.4) is 0 Å². The third-order valence-corrected chi connectivity index (χ3v) is 4.81. The molecular weight excluding hydrogens is 214 g/mol. The molecule has 1 N–H and O–H groups in total. The molecule has 1 saturated heterocycles. The minimum absolute atomic E-state index is 0.794. The van der Waals surface area contributed by atoms with E-state index in [0.717, 1.165) is 16.9 Å². The molecule has 1 nitrogen and oxygen atoms in total. The number of piperidine rings is 1. The number of nitrogens with one attached hydrogen (secondary N) is 1. The van der Waals surface area contributed by atoms with Crippen molar-refractivity contribution in [3.8, 4) is 0 Å². The second-order valence-electron chi connectivity index (χ2n) is 4.59. The van der Waals surface area contributed by atoms with E-state index in [4.69, 9.17) is 0 Å². The van der Waals surface area contributed by atoms with Crippen LogP contribution in [-0.4, -0.2) is 18.3 Å². The van der Waals surface area contributed by atoms with E-state index in [-0.39, 0.29) is 0 Å². The third kappa shape index (κ3) is 3.53. The molecule has 1 aliphatic rings. The van der Waals surface area contributed by atoms with Gasteiger partial charge in [-0.05, 0) is 37.4 Å². The van der Waals surface area contributed by atoms with Gasteiger partial charge in [-0.2, -0.15) is 11.8 Å². The highest BCUT2D eigenvalue weighted by Gasteiger charge is 2.19. The average Bonchev–Trinajstić information content (AvgIpc) is 2.38. The Hall–Kier alpha value is -0.470. The van der Waals surface area contributed by atoms with Gasteiger partial charge in [-0.25, -0.2) is 0 Å². The molecule has 1 aliphatic heterocycles. The number of rotatable bonds is 4. The Balaban J connectivity index is 1.76. The van der Waals surface area contributed by atoms with Gasteiger partial charge in [0, 0.05) is 11.0 Å². The summed E-state index contributed by atoms with van der Waals surface area (Å²) < 4.78 is 0. The van der Waals surface area contributed by atoms with E-state index in [2.05, 4.69) is 54.3 Å². The molecule has 1 aromatic rings. The highest BCUT2D eigenvalue weighted by atomic mass is 32.2. The van der Waals surface area contributed by atoms with Crippen LogP contribution in [0.15, 0.2) is 30.3 Å². The maximum atomic E-state index is 3.43. The lowest BCUT2D eigenvalue weighted by Crippen LogP contribution is -2.31. The lowest BCUT2D eigenvalue weighted by atomic mass is 9.95. The van der Waals surface area contributed by atoms with E-state index in [9.17, 15) is 0 Å². The van der Waals surface area contributed by atoms with Crippen LogP contribution in [0.2, 0.25) is 0 Å². The summed E-state index contributed by atoms with van der Waals surface area (Å²) in [7, 11) is 0. The van der Waals surface area contributed by atoms with Gasteiger partial charge >= 0.3 is 0 Å². The quantitative estimate of drug-likeness (QED) is 0.859. The Bertz CT molecular complexity index is 293. The van der Waals surface area contributed by atoms with Crippen LogP contribution >= 0.6 is 11.8 Å². The Morgan fingerprint density at radius 2 is 1.94 bits per heavy atom. The van der Waals surface area contributed by atoms with Crippen LogP contribution < -0.4 is 5.32 Å². The molecule has 0 aliphatic carbocycles. The number of benzene rings is 1. The summed E-state index contributed by atoms with van der Waals surface area (Å²) in [6, 6.07) is 10.8. The van der Waals surface area contributed by atoms with Gasteiger partial charge in [0.25, 0.3) is 0 Å². The summed E-state index contributed by atoms with van der Waals surface area (Å²) in [5, 5.41) is 4.23. The topological polar surface area (TPSA) is 12.0 Å². The smallest absolute Gasteiger partial charge is 0.0187 e. The fraction of sp³-hybridized carbons (Fsp3) is 0.571. The van der Waals surface area contributed by atoms with E-state index < -0.39 is 0 Å². The molecule has 2 heteroatoms. The van der Waals surface area contributed by atoms with Crippen LogP contribution in [0, 0.1) is 5.92 Å². The monoisotopic (exact) mass is 235 g/mol. The molecule has 0 radical (unpaired) electrons. The van der Waals surface area contributed by atoms with Crippen molar-refractivity contribution in [3.05, 3.63) is 35.9 Å². The summed E-state index contributed by atoms with van der Waals surface area (Å²) >= 11 is 2.11. The van der Waals surface area contributed by atoms with Crippen molar-refractivity contribution in [2.45, 2.75) is 30.8 Å². The Labute approximate surface area is 103 Å². The summed E-state index contributed by atoms with van der Waals surface area (Å²) in [5.74, 6) is 2.07. The molecule has 0 bridgehead atoms. The second kappa shape index (κ2) is 6.31. The summed E-state index contributed by atoms with van der Waals surface area (Å²) in [4.78, 5) is 0. The van der Waals surface area contributed by atoms with Crippen molar-refractivity contribution in [1.29, 1.82) is 0 Å². The Kier molecular flexibility index (Phi) is 4.73. The van der Waals surface area contributed by atoms with Gasteiger partial charge in [-0.1, -0.05) is 37.3 Å². The molecule has 0 amide bonds. The Morgan fingerprint density at radius 3 is 2.62 bits per heavy atom. The van der Waals surface area contributed by atoms with Crippen molar-refractivity contribution < 1.29 is 0 Å². The zero-order chi connectivity index (χ0) is 11.2. The largest absolute Gasteiger partial charge is 0.317 e. The molecule has 0 aromatic heterocycles. The zero-order valence-corrected chi connectivity index (χ0v) is 10.8. The molecule has 1 fully saturated rings. The second-order valence-corrected chi connectivity index (χ2v) is 5.95. The minimum Gasteiger partial charge on any atom is -0.317 e. The van der Waals surface area contributed by atoms with Crippen LogP contribution in [0.1, 0.15) is 25.3 Å². The third-order valence-electron chi connectivity index (χ3n) is 3.40. The zero-order valence-electron chi connectivity index (χ0n) is 9.99. The first-order chi connectivity index (χ1) is 7.86. The lowest BCUT2D eigenvalue weighted by Gasteiger charge is -2.27. The molecule has 1 aromatic carbocycles. The molecule has 1 atom stereocenters. The molecule has 16 heavy (non-hydrogen) atoms.